The highest BCUT2D eigenvalue weighted by molar-refractivity contribution is 7.17. The second-order valence-electron chi connectivity index (χ2n) is 29.3. The molecule has 0 saturated carbocycles. The summed E-state index contributed by atoms with van der Waals surface area (Å²) < 4.78 is 3.37. The number of hydrogen-bond donors (Lipinski definition) is 0. The van der Waals surface area contributed by atoms with Crippen LogP contribution in [0.4, 0.5) is 0 Å². The molecule has 0 fully saturated rings. The van der Waals surface area contributed by atoms with E-state index in [4.69, 9.17) is 13.1 Å². The number of nitriles is 2. The molecule has 7 aromatic carbocycles. The Kier molecular flexibility index (Phi) is 21.8. The highest BCUT2D eigenvalue weighted by Crippen LogP contribution is 2.65. The summed E-state index contributed by atoms with van der Waals surface area (Å²) >= 11 is 6.69. The quantitative estimate of drug-likeness (QED) is 0.0307. The van der Waals surface area contributed by atoms with Crippen LogP contribution in [0.5, 0.6) is 0 Å². The van der Waals surface area contributed by atoms with E-state index in [0.29, 0.717) is 44.5 Å². The maximum Gasteiger partial charge on any atom is 0.270 e. The minimum absolute atomic E-state index is 0.0871. The molecule has 0 radical (unpaired) electrons. The van der Waals surface area contributed by atoms with Crippen molar-refractivity contribution in [1.82, 2.24) is 0 Å². The molecule has 11 aromatic rings. The van der Waals surface area contributed by atoms with Crippen LogP contribution in [0.25, 0.3) is 65.0 Å². The van der Waals surface area contributed by atoms with E-state index in [1.807, 2.05) is 71.2 Å². The second-order valence-corrected chi connectivity index (χ2v) is 33.7. The number of allylic oxidation sites excluding steroid dienone is 4. The molecule has 4 aliphatic carbocycles. The van der Waals surface area contributed by atoms with Crippen molar-refractivity contribution >= 4 is 91.4 Å². The Morgan fingerprint density at radius 3 is 0.981 bits per heavy atom. The second kappa shape index (κ2) is 32.2. The third kappa shape index (κ3) is 13.3. The van der Waals surface area contributed by atoms with Crippen molar-refractivity contribution in [1.29, 1.82) is 10.5 Å². The average Bonchev–Trinajstić information content (AvgIpc) is 1.50. The highest BCUT2D eigenvalue weighted by atomic mass is 32.1. The minimum atomic E-state index is -0.778. The number of unbranched alkanes of at least 4 members (excludes halogenated alkanes) is 12. The predicted octanol–water partition coefficient (Wildman–Crippen LogP) is 23.2. The lowest BCUT2D eigenvalue weighted by Gasteiger charge is -2.35. The highest BCUT2D eigenvalue weighted by Gasteiger charge is 2.53. The Morgan fingerprint density at radius 1 is 0.370 bits per heavy atom. The Balaban J connectivity index is 0.990. The summed E-state index contributed by atoms with van der Waals surface area (Å²) in [7, 11) is 0. The van der Waals surface area contributed by atoms with Crippen LogP contribution in [0.3, 0.4) is 0 Å². The van der Waals surface area contributed by atoms with E-state index < -0.39 is 10.8 Å². The summed E-state index contributed by atoms with van der Waals surface area (Å²) in [6.45, 7) is 25.2. The van der Waals surface area contributed by atoms with E-state index in [2.05, 4.69) is 195 Å². The van der Waals surface area contributed by atoms with Gasteiger partial charge in [0.25, 0.3) is 11.4 Å². The fourth-order valence-corrected chi connectivity index (χ4v) is 21.9. The third-order valence-corrected chi connectivity index (χ3v) is 27.0. The normalized spacial score (nSPS) is 16.3. The molecule has 0 amide bonds. The molecule has 0 atom stereocenters. The number of carbonyl (C=O) groups is 2. The van der Waals surface area contributed by atoms with Gasteiger partial charge in [0, 0.05) is 71.1 Å². The summed E-state index contributed by atoms with van der Waals surface area (Å²) in [5.74, 6) is -0.347. The van der Waals surface area contributed by atoms with E-state index >= 15 is 0 Å². The van der Waals surface area contributed by atoms with Crippen LogP contribution in [-0.4, -0.2) is 11.6 Å². The van der Waals surface area contributed by atoms with E-state index in [1.165, 1.54) is 187 Å². The monoisotopic (exact) mass is 1480 g/mol. The van der Waals surface area contributed by atoms with Gasteiger partial charge in [0.05, 0.1) is 36.1 Å². The fraction of sp³-hybridized carbons (Fsp3) is 0.265. The molecule has 15 rings (SSSR count). The van der Waals surface area contributed by atoms with Crippen molar-refractivity contribution in [3.8, 4) is 33.0 Å². The summed E-state index contributed by atoms with van der Waals surface area (Å²) in [6.07, 6.45) is 27.6. The van der Waals surface area contributed by atoms with Crippen molar-refractivity contribution in [2.45, 2.75) is 167 Å². The molecule has 10 heteroatoms. The maximum atomic E-state index is 14.5. The van der Waals surface area contributed by atoms with Crippen molar-refractivity contribution in [3.63, 3.8) is 0 Å². The van der Waals surface area contributed by atoms with E-state index in [9.17, 15) is 20.1 Å². The van der Waals surface area contributed by atoms with Gasteiger partial charge in [-0.3, -0.25) is 9.59 Å². The van der Waals surface area contributed by atoms with Crippen LogP contribution in [0.1, 0.15) is 239 Å². The van der Waals surface area contributed by atoms with Gasteiger partial charge in [0.2, 0.25) is 0 Å². The summed E-state index contributed by atoms with van der Waals surface area (Å²) in [6, 6.07) is 75.7. The summed E-state index contributed by atoms with van der Waals surface area (Å²) in [5.41, 5.74) is 19.7. The lowest BCUT2D eigenvalue weighted by molar-refractivity contribution is 0.105. The molecule has 534 valence electrons. The molecule has 0 unspecified atom stereocenters. The summed E-state index contributed by atoms with van der Waals surface area (Å²) in [5, 5.41) is 20.7. The molecule has 0 spiro atoms. The Labute approximate surface area is 651 Å². The molecule has 4 aromatic heterocycles. The van der Waals surface area contributed by atoms with E-state index in [0.717, 1.165) is 79.3 Å². The molecule has 0 bridgehead atoms. The van der Waals surface area contributed by atoms with Crippen molar-refractivity contribution in [2.75, 3.05) is 0 Å². The van der Waals surface area contributed by atoms with Gasteiger partial charge in [-0.1, -0.05) is 250 Å². The topological polar surface area (TPSA) is 90.4 Å². The number of nitrogens with zero attached hydrogens (tertiary/aromatic N) is 4. The smallest absolute Gasteiger partial charge is 0.270 e. The van der Waals surface area contributed by atoms with Gasteiger partial charge in [-0.25, -0.2) is 20.2 Å². The van der Waals surface area contributed by atoms with Crippen molar-refractivity contribution in [2.24, 2.45) is 0 Å². The van der Waals surface area contributed by atoms with Gasteiger partial charge < -0.3 is 0 Å². The predicted molar refractivity (Wildman–Crippen MR) is 449 cm³/mol. The zero-order valence-electron chi connectivity index (χ0n) is 62.0. The van der Waals surface area contributed by atoms with Crippen molar-refractivity contribution in [3.05, 3.63) is 345 Å². The first kappa shape index (κ1) is 73.1. The van der Waals surface area contributed by atoms with Crippen LogP contribution in [-0.2, 0) is 36.5 Å². The van der Waals surface area contributed by atoms with E-state index in [1.54, 1.807) is 12.1 Å². The van der Waals surface area contributed by atoms with Crippen LogP contribution in [0.15, 0.2) is 206 Å². The lowest BCUT2D eigenvalue weighted by atomic mass is 9.65. The number of carbonyl (C=O) groups excluding carboxylic acids is 2. The van der Waals surface area contributed by atoms with Crippen LogP contribution < -0.4 is 18.1 Å². The number of rotatable bonds is 26. The van der Waals surface area contributed by atoms with E-state index in [-0.39, 0.29) is 23.0 Å². The van der Waals surface area contributed by atoms with Crippen LogP contribution in [0.2, 0.25) is 0 Å². The molecule has 6 nitrogen and oxygen atoms in total. The van der Waals surface area contributed by atoms with Gasteiger partial charge in [0.1, 0.15) is 0 Å². The molecule has 0 N–H and O–H groups in total. The van der Waals surface area contributed by atoms with Gasteiger partial charge in [0.15, 0.2) is 11.6 Å². The number of thiophene rings is 4. The first-order valence-corrected chi connectivity index (χ1v) is 42.1. The molecular formula is C98H86N4O2S4. The van der Waals surface area contributed by atoms with Crippen LogP contribution >= 0.6 is 45.3 Å². The number of fused-ring (bicyclic) bond motifs is 8. The number of ketones is 2. The van der Waals surface area contributed by atoms with Gasteiger partial charge in [-0.05, 0) is 201 Å². The zero-order valence-corrected chi connectivity index (χ0v) is 65.3. The molecule has 4 aliphatic rings. The van der Waals surface area contributed by atoms with Crippen molar-refractivity contribution < 1.29 is 9.59 Å². The number of hydrogen-bond acceptors (Lipinski definition) is 8. The molecule has 0 saturated heterocycles. The average molecular weight is 1480 g/mol. The standard InChI is InChI=1S/C98H86N4O2S4/c1-7-11-15-19-27-63-35-43-67(44-36-63)97(68-45-37-64(38-46-68)28-20-16-12-8-2)81-59-80-82(60-79(81)95-83(97)57-73(107-95)55-71-51-53-87(105-71)91-89(85(61-99)101-5)75-31-23-25-33-77(75)93(91)103)98(69-47-39-65(40-48-69)29-21-17-13-9-3,70-49-41-66(42-50-70)30-22-18-14-10-4)84-58-74(108-96(80)84)56-72-52-54-88(106-72)92-90(86(62-100)102-6)76-32-24-26-34-78(76)94(92)104/h23-26,31-60H,7-22,27-30H2,1-4H3/b71-55+,72-56+,89-85-,90-86+,91-87+,92-88+. The summed E-state index contributed by atoms with van der Waals surface area (Å²) in [4.78, 5) is 40.9. The van der Waals surface area contributed by atoms with Gasteiger partial charge >= 0.3 is 0 Å². The SMILES string of the molecule is [C-]#[N+]/C(C#N)=C1\C(=c2\cc/c(=C\c3cc4c(s3)-c3cc5c(cc3C4(c3ccc(CCCCCC)cc3)c3ccc(CCCCCC)cc3)-c3sc(/C=c4\cc/c(=C6\C(=O)c7ccccc7\C6=C(\C#N)[N+]#[C-])s4)cc3C5(c3ccc(CCCCCC)cc3)c3ccc(CCCCCC)cc3)s2)C(=O)c2ccccc21. The number of benzene rings is 7. The lowest BCUT2D eigenvalue weighted by Crippen LogP contribution is -2.30. The third-order valence-electron chi connectivity index (χ3n) is 22.6. The first-order chi connectivity index (χ1) is 53.0. The zero-order chi connectivity index (χ0) is 74.5. The molecule has 4 heterocycles. The fourth-order valence-electron chi connectivity index (χ4n) is 17.3. The number of Topliss-reactive ketones (excluding diaryl/α,β-unsaturated/α-hetero) is 2. The Morgan fingerprint density at radius 2 is 0.685 bits per heavy atom. The number of aryl methyl sites for hydroxylation is 4. The minimum Gasteiger partial charge on any atom is -0.289 e. The van der Waals surface area contributed by atoms with Gasteiger partial charge in [-0.2, -0.15) is 0 Å². The maximum absolute atomic E-state index is 14.5. The Bertz CT molecular complexity index is 5330. The molecular weight excluding hydrogens is 1390 g/mol. The van der Waals surface area contributed by atoms with Crippen LogP contribution in [0, 0.1) is 35.8 Å². The molecule has 108 heavy (non-hydrogen) atoms. The first-order valence-electron chi connectivity index (χ1n) is 38.9. The molecule has 0 aliphatic heterocycles. The Hall–Kier alpha value is -10.4. The largest absolute Gasteiger partial charge is 0.289 e. The van der Waals surface area contributed by atoms with Gasteiger partial charge in [-0.15, -0.1) is 45.3 Å².